The third kappa shape index (κ3) is 5.32. The van der Waals surface area contributed by atoms with Crippen LogP contribution in [0.4, 0.5) is 18.9 Å². The van der Waals surface area contributed by atoms with Gasteiger partial charge in [-0.1, -0.05) is 12.1 Å². The van der Waals surface area contributed by atoms with Gasteiger partial charge in [0, 0.05) is 11.9 Å². The predicted molar refractivity (Wildman–Crippen MR) is 114 cm³/mol. The Morgan fingerprint density at radius 3 is 2.27 bits per heavy atom. The molecule has 2 aromatic carbocycles. The van der Waals surface area contributed by atoms with Crippen LogP contribution in [-0.2, 0) is 10.9 Å². The molecule has 0 saturated carbocycles. The highest BCUT2D eigenvalue weighted by molar-refractivity contribution is 5.91. The number of ether oxygens (including phenoxy) is 1. The molecular formula is C22H19F3N4O4. The minimum absolute atomic E-state index is 0.0674. The first-order valence-corrected chi connectivity index (χ1v) is 9.60. The summed E-state index contributed by atoms with van der Waals surface area (Å²) in [6.07, 6.45) is -2.53. The number of hydrogen-bond donors (Lipinski definition) is 3. The lowest BCUT2D eigenvalue weighted by molar-refractivity contribution is -0.143. The topological polar surface area (TPSA) is 119 Å². The number of esters is 1. The number of rotatable bonds is 7. The van der Waals surface area contributed by atoms with Gasteiger partial charge in [0.1, 0.15) is 5.56 Å². The second-order valence-corrected chi connectivity index (χ2v) is 6.71. The summed E-state index contributed by atoms with van der Waals surface area (Å²) < 4.78 is 46.2. The molecule has 1 aromatic heterocycles. The fourth-order valence-corrected chi connectivity index (χ4v) is 2.92. The summed E-state index contributed by atoms with van der Waals surface area (Å²) in [6.45, 7) is 1.43. The van der Waals surface area contributed by atoms with E-state index < -0.39 is 29.4 Å². The smallest absolute Gasteiger partial charge is 0.434 e. The zero-order valence-electron chi connectivity index (χ0n) is 17.3. The molecule has 3 aromatic rings. The molecule has 0 unspecified atom stereocenters. The Balaban J connectivity index is 1.81. The summed E-state index contributed by atoms with van der Waals surface area (Å²) in [7, 11) is 0. The Kier molecular flexibility index (Phi) is 6.71. The van der Waals surface area contributed by atoms with Crippen molar-refractivity contribution in [2.75, 3.05) is 11.9 Å². The van der Waals surface area contributed by atoms with Gasteiger partial charge in [0.05, 0.1) is 29.8 Å². The minimum Gasteiger partial charge on any atom is -0.478 e. The van der Waals surface area contributed by atoms with Crippen molar-refractivity contribution in [1.82, 2.24) is 9.78 Å². The average Bonchev–Trinajstić information content (AvgIpc) is 3.24. The first kappa shape index (κ1) is 23.4. The molecular weight excluding hydrogens is 441 g/mol. The summed E-state index contributed by atoms with van der Waals surface area (Å²) in [5.74, 6) is -2.16. The van der Waals surface area contributed by atoms with E-state index in [1.165, 1.54) is 49.5 Å². The number of carbonyl (C=O) groups excluding carboxylic acids is 1. The van der Waals surface area contributed by atoms with E-state index in [-0.39, 0.29) is 17.9 Å². The van der Waals surface area contributed by atoms with Crippen molar-refractivity contribution in [3.63, 3.8) is 0 Å². The number of nitrogens with zero attached hydrogens (tertiary/aromatic N) is 2. The summed E-state index contributed by atoms with van der Waals surface area (Å²) in [4.78, 5) is 22.8. The number of benzene rings is 2. The van der Waals surface area contributed by atoms with Crippen LogP contribution < -0.4 is 11.1 Å². The summed E-state index contributed by atoms with van der Waals surface area (Å²) in [5, 5.41) is 15.6. The van der Waals surface area contributed by atoms with Gasteiger partial charge in [-0.05, 0) is 48.9 Å². The molecule has 1 heterocycles. The van der Waals surface area contributed by atoms with Crippen LogP contribution in [0.5, 0.6) is 0 Å². The fraction of sp³-hybridized carbons (Fsp3) is 0.136. The van der Waals surface area contributed by atoms with Crippen LogP contribution in [0.3, 0.4) is 0 Å². The molecule has 0 aliphatic heterocycles. The van der Waals surface area contributed by atoms with Gasteiger partial charge in [-0.3, -0.25) is 0 Å². The number of nitrogens with one attached hydrogen (secondary N) is 1. The Morgan fingerprint density at radius 2 is 1.73 bits per heavy atom. The Morgan fingerprint density at radius 1 is 1.12 bits per heavy atom. The fourth-order valence-electron chi connectivity index (χ4n) is 2.92. The average molecular weight is 460 g/mol. The lowest BCUT2D eigenvalue weighted by Crippen LogP contribution is -2.18. The van der Waals surface area contributed by atoms with Crippen molar-refractivity contribution in [1.29, 1.82) is 0 Å². The zero-order valence-corrected chi connectivity index (χ0v) is 17.3. The Bertz CT molecular complexity index is 1180. The highest BCUT2D eigenvalue weighted by Crippen LogP contribution is 2.34. The van der Waals surface area contributed by atoms with Crippen molar-refractivity contribution in [3.8, 4) is 5.69 Å². The van der Waals surface area contributed by atoms with Crippen LogP contribution in [0.15, 0.2) is 60.9 Å². The van der Waals surface area contributed by atoms with E-state index in [1.807, 2.05) is 0 Å². The van der Waals surface area contributed by atoms with Gasteiger partial charge in [-0.2, -0.15) is 18.3 Å². The van der Waals surface area contributed by atoms with E-state index in [0.29, 0.717) is 21.6 Å². The van der Waals surface area contributed by atoms with Crippen LogP contribution in [0.1, 0.15) is 38.9 Å². The van der Waals surface area contributed by atoms with E-state index in [1.54, 1.807) is 12.1 Å². The van der Waals surface area contributed by atoms with E-state index in [2.05, 4.69) is 10.4 Å². The molecule has 0 amide bonds. The zero-order chi connectivity index (χ0) is 24.2. The molecule has 8 nitrogen and oxygen atoms in total. The summed E-state index contributed by atoms with van der Waals surface area (Å²) >= 11 is 0. The maximum absolute atomic E-state index is 13.6. The normalized spacial score (nSPS) is 11.8. The molecule has 3 rings (SSSR count). The van der Waals surface area contributed by atoms with Crippen LogP contribution >= 0.6 is 0 Å². The van der Waals surface area contributed by atoms with Crippen molar-refractivity contribution in [2.45, 2.75) is 13.1 Å². The maximum Gasteiger partial charge on any atom is 0.434 e. The lowest BCUT2D eigenvalue weighted by Gasteiger charge is -2.13. The number of carboxylic acids is 1. The predicted octanol–water partition coefficient (Wildman–Crippen LogP) is 4.14. The number of carbonyl (C=O) groups is 2. The van der Waals surface area contributed by atoms with Crippen LogP contribution in [-0.4, -0.2) is 33.4 Å². The summed E-state index contributed by atoms with van der Waals surface area (Å²) in [6, 6.07) is 11.8. The molecule has 11 heteroatoms. The molecule has 0 saturated heterocycles. The third-order valence-electron chi connectivity index (χ3n) is 4.50. The van der Waals surface area contributed by atoms with Crippen molar-refractivity contribution < 1.29 is 32.6 Å². The highest BCUT2D eigenvalue weighted by Gasteiger charge is 2.41. The molecule has 0 bridgehead atoms. The first-order valence-electron chi connectivity index (χ1n) is 9.60. The Labute approximate surface area is 186 Å². The molecule has 0 atom stereocenters. The van der Waals surface area contributed by atoms with E-state index in [0.717, 1.165) is 6.20 Å². The van der Waals surface area contributed by atoms with Crippen LogP contribution in [0.2, 0.25) is 0 Å². The third-order valence-corrected chi connectivity index (χ3v) is 4.50. The second-order valence-electron chi connectivity index (χ2n) is 6.71. The van der Waals surface area contributed by atoms with Crippen LogP contribution in [0.25, 0.3) is 11.4 Å². The number of hydrogen-bond acceptors (Lipinski definition) is 6. The van der Waals surface area contributed by atoms with Gasteiger partial charge < -0.3 is 20.9 Å². The molecule has 4 N–H and O–H groups in total. The molecule has 33 heavy (non-hydrogen) atoms. The molecule has 0 fully saturated rings. The minimum atomic E-state index is -4.83. The number of anilines is 1. The van der Waals surface area contributed by atoms with Crippen molar-refractivity contribution >= 4 is 23.3 Å². The van der Waals surface area contributed by atoms with Gasteiger partial charge in [0.15, 0.2) is 5.69 Å². The van der Waals surface area contributed by atoms with Gasteiger partial charge in [-0.25, -0.2) is 14.3 Å². The number of nitrogens with two attached hydrogens (primary N) is 1. The number of aromatic nitrogens is 2. The lowest BCUT2D eigenvalue weighted by atomic mass is 10.1. The molecule has 0 aliphatic carbocycles. The number of halogens is 3. The molecule has 172 valence electrons. The number of carboxylic acid groups (broad SMARTS) is 1. The largest absolute Gasteiger partial charge is 0.478 e. The SMILES string of the molecule is CCOC(=O)c1cnn(-c2ccc(N/C=C(\N)c3ccc(C(=O)O)cc3)cc2)c1C(F)(F)F. The van der Waals surface area contributed by atoms with Gasteiger partial charge >= 0.3 is 18.1 Å². The highest BCUT2D eigenvalue weighted by atomic mass is 19.4. The van der Waals surface area contributed by atoms with Gasteiger partial charge in [-0.15, -0.1) is 0 Å². The van der Waals surface area contributed by atoms with Gasteiger partial charge in [0.2, 0.25) is 0 Å². The molecule has 0 aliphatic rings. The van der Waals surface area contributed by atoms with Crippen LogP contribution in [0, 0.1) is 0 Å². The van der Waals surface area contributed by atoms with E-state index >= 15 is 0 Å². The van der Waals surface area contributed by atoms with E-state index in [4.69, 9.17) is 15.6 Å². The quantitative estimate of drug-likeness (QED) is 0.454. The molecule has 0 radical (unpaired) electrons. The maximum atomic E-state index is 13.6. The van der Waals surface area contributed by atoms with E-state index in [9.17, 15) is 22.8 Å². The second kappa shape index (κ2) is 9.47. The van der Waals surface area contributed by atoms with Crippen molar-refractivity contribution in [2.24, 2.45) is 5.73 Å². The number of alkyl halides is 3. The number of aromatic carboxylic acids is 1. The standard InChI is InChI=1S/C22H19F3N4O4/c1-2-33-21(32)17-11-28-29(19(17)22(23,24)25)16-9-7-15(8-10-16)27-12-18(26)13-3-5-14(6-4-13)20(30)31/h3-12,27H,2,26H2,1H3,(H,30,31)/b18-12-. The van der Waals surface area contributed by atoms with Gasteiger partial charge in [0.25, 0.3) is 0 Å². The monoisotopic (exact) mass is 460 g/mol. The first-order chi connectivity index (χ1) is 15.6. The van der Waals surface area contributed by atoms with Crippen molar-refractivity contribution in [3.05, 3.63) is 83.3 Å². The summed E-state index contributed by atoms with van der Waals surface area (Å²) in [5.41, 5.74) is 5.73. The molecule has 0 spiro atoms. The Hall–Kier alpha value is -4.28.